The lowest BCUT2D eigenvalue weighted by atomic mass is 10.1. The zero-order chi connectivity index (χ0) is 26.1. The van der Waals surface area contributed by atoms with Crippen molar-refractivity contribution in [1.82, 2.24) is 0 Å². The molecule has 0 amide bonds. The van der Waals surface area contributed by atoms with E-state index < -0.39 is 10.9 Å². The standard InChI is InChI=1S/C24H24N6O6/c1-3-29(14-24(32)33)19-8-4-17(5-9-19)26-28-22-12-16(15-31)21(13-23(22)36-2)27-25-18-6-10-20(11-7-18)30(34)35/h4-13,31H,3,14-15H2,1-2H3,(H,32,33). The molecule has 0 fully saturated rings. The number of anilines is 1. The maximum atomic E-state index is 11.0. The third-order valence-corrected chi connectivity index (χ3v) is 5.08. The van der Waals surface area contributed by atoms with Crippen LogP contribution >= 0.6 is 0 Å². The molecule has 0 atom stereocenters. The fourth-order valence-electron chi connectivity index (χ4n) is 3.21. The smallest absolute Gasteiger partial charge is 0.323 e. The lowest BCUT2D eigenvalue weighted by Gasteiger charge is -2.20. The monoisotopic (exact) mass is 492 g/mol. The number of hydrogen-bond acceptors (Lipinski definition) is 10. The molecular formula is C24H24N6O6. The average molecular weight is 492 g/mol. The van der Waals surface area contributed by atoms with Crippen molar-refractivity contribution in [2.45, 2.75) is 13.5 Å². The Hall–Kier alpha value is -4.71. The number of hydrogen-bond donors (Lipinski definition) is 2. The first-order valence-electron chi connectivity index (χ1n) is 10.8. The van der Waals surface area contributed by atoms with Crippen LogP contribution in [0.5, 0.6) is 5.75 Å². The highest BCUT2D eigenvalue weighted by Crippen LogP contribution is 2.37. The number of carbonyl (C=O) groups is 1. The van der Waals surface area contributed by atoms with E-state index >= 15 is 0 Å². The second-order valence-corrected chi connectivity index (χ2v) is 7.41. The topological polar surface area (TPSA) is 163 Å². The number of azo groups is 2. The van der Waals surface area contributed by atoms with E-state index in [2.05, 4.69) is 20.5 Å². The molecule has 12 heteroatoms. The number of aliphatic hydroxyl groups is 1. The molecule has 0 saturated carbocycles. The van der Waals surface area contributed by atoms with Crippen molar-refractivity contribution in [2.75, 3.05) is 25.1 Å². The van der Waals surface area contributed by atoms with Gasteiger partial charge in [-0.1, -0.05) is 0 Å². The number of carboxylic acids is 1. The van der Waals surface area contributed by atoms with Gasteiger partial charge in [0.25, 0.3) is 5.69 Å². The average Bonchev–Trinajstić information content (AvgIpc) is 2.89. The maximum absolute atomic E-state index is 11.0. The van der Waals surface area contributed by atoms with Gasteiger partial charge >= 0.3 is 5.97 Å². The summed E-state index contributed by atoms with van der Waals surface area (Å²) in [5.74, 6) is -0.563. The van der Waals surface area contributed by atoms with Crippen LogP contribution in [0.3, 0.4) is 0 Å². The van der Waals surface area contributed by atoms with Crippen molar-refractivity contribution in [3.8, 4) is 5.75 Å². The van der Waals surface area contributed by atoms with Crippen molar-refractivity contribution in [1.29, 1.82) is 0 Å². The van der Waals surface area contributed by atoms with E-state index in [-0.39, 0.29) is 18.8 Å². The summed E-state index contributed by atoms with van der Waals surface area (Å²) in [4.78, 5) is 23.0. The van der Waals surface area contributed by atoms with Crippen molar-refractivity contribution >= 4 is 40.1 Å². The molecule has 0 aliphatic carbocycles. The lowest BCUT2D eigenvalue weighted by Crippen LogP contribution is -2.29. The van der Waals surface area contributed by atoms with Gasteiger partial charge in [0.05, 0.1) is 35.7 Å². The fourth-order valence-corrected chi connectivity index (χ4v) is 3.21. The molecule has 36 heavy (non-hydrogen) atoms. The summed E-state index contributed by atoms with van der Waals surface area (Å²) in [6.07, 6.45) is 0. The Morgan fingerprint density at radius 3 is 2.06 bits per heavy atom. The van der Waals surface area contributed by atoms with Gasteiger partial charge in [0, 0.05) is 36.0 Å². The van der Waals surface area contributed by atoms with Crippen LogP contribution in [0.1, 0.15) is 12.5 Å². The summed E-state index contributed by atoms with van der Waals surface area (Å²) >= 11 is 0. The molecule has 0 aliphatic heterocycles. The molecule has 0 heterocycles. The molecule has 3 aromatic rings. The van der Waals surface area contributed by atoms with Gasteiger partial charge < -0.3 is 19.8 Å². The molecule has 0 aliphatic rings. The number of nitro benzene ring substituents is 1. The van der Waals surface area contributed by atoms with E-state index in [9.17, 15) is 20.0 Å². The highest BCUT2D eigenvalue weighted by Gasteiger charge is 2.12. The number of likely N-dealkylation sites (N-methyl/N-ethyl adjacent to an activating group) is 1. The number of aliphatic carboxylic acids is 1. The van der Waals surface area contributed by atoms with Crippen LogP contribution < -0.4 is 9.64 Å². The van der Waals surface area contributed by atoms with Gasteiger partial charge in [-0.05, 0) is 49.4 Å². The molecular weight excluding hydrogens is 468 g/mol. The van der Waals surface area contributed by atoms with Crippen molar-refractivity contribution in [3.63, 3.8) is 0 Å². The predicted molar refractivity (Wildman–Crippen MR) is 132 cm³/mol. The molecule has 0 spiro atoms. The van der Waals surface area contributed by atoms with Crippen molar-refractivity contribution in [3.05, 3.63) is 76.3 Å². The fraction of sp³-hybridized carbons (Fsp3) is 0.208. The summed E-state index contributed by atoms with van der Waals surface area (Å²) < 4.78 is 5.40. The van der Waals surface area contributed by atoms with Crippen LogP contribution in [0.15, 0.2) is 81.1 Å². The SMILES string of the molecule is CCN(CC(=O)O)c1ccc(N=Nc2cc(CO)c(N=Nc3ccc([N+](=O)[O-])cc3)cc2OC)cc1. The Labute approximate surface area is 206 Å². The molecule has 12 nitrogen and oxygen atoms in total. The van der Waals surface area contributed by atoms with Gasteiger partial charge in [0.15, 0.2) is 0 Å². The molecule has 3 aromatic carbocycles. The van der Waals surface area contributed by atoms with Crippen molar-refractivity contribution < 1.29 is 24.7 Å². The molecule has 186 valence electrons. The number of aliphatic hydroxyl groups excluding tert-OH is 1. The number of non-ortho nitro benzene ring substituents is 1. The first-order chi connectivity index (χ1) is 17.3. The molecule has 0 bridgehead atoms. The van der Waals surface area contributed by atoms with E-state index in [1.807, 2.05) is 6.92 Å². The van der Waals surface area contributed by atoms with Crippen LogP contribution in [0.25, 0.3) is 0 Å². The zero-order valence-electron chi connectivity index (χ0n) is 19.6. The predicted octanol–water partition coefficient (Wildman–Crippen LogP) is 5.84. The van der Waals surface area contributed by atoms with Crippen LogP contribution in [-0.4, -0.2) is 41.3 Å². The van der Waals surface area contributed by atoms with Crippen LogP contribution in [0.2, 0.25) is 0 Å². The third-order valence-electron chi connectivity index (χ3n) is 5.08. The van der Waals surface area contributed by atoms with E-state index in [4.69, 9.17) is 9.84 Å². The van der Waals surface area contributed by atoms with E-state index in [1.165, 1.54) is 31.4 Å². The second-order valence-electron chi connectivity index (χ2n) is 7.41. The number of rotatable bonds is 11. The Kier molecular flexibility index (Phi) is 8.73. The lowest BCUT2D eigenvalue weighted by molar-refractivity contribution is -0.384. The van der Waals surface area contributed by atoms with Gasteiger partial charge in [-0.2, -0.15) is 15.3 Å². The van der Waals surface area contributed by atoms with Gasteiger partial charge in [-0.25, -0.2) is 0 Å². The zero-order valence-corrected chi connectivity index (χ0v) is 19.6. The van der Waals surface area contributed by atoms with Gasteiger partial charge in [-0.3, -0.25) is 14.9 Å². The minimum atomic E-state index is -0.914. The highest BCUT2D eigenvalue weighted by molar-refractivity contribution is 5.74. The summed E-state index contributed by atoms with van der Waals surface area (Å²) in [6.45, 7) is 1.97. The minimum Gasteiger partial charge on any atom is -0.494 e. The number of methoxy groups -OCH3 is 1. The summed E-state index contributed by atoms with van der Waals surface area (Å²) in [5, 5.41) is 46.3. The Bertz CT molecular complexity index is 1280. The minimum absolute atomic E-state index is 0.0565. The van der Waals surface area contributed by atoms with E-state index in [1.54, 1.807) is 41.3 Å². The Balaban J connectivity index is 1.82. The molecule has 0 radical (unpaired) electrons. The molecule has 2 N–H and O–H groups in total. The van der Waals surface area contributed by atoms with E-state index in [0.717, 1.165) is 5.69 Å². The Morgan fingerprint density at radius 1 is 0.972 bits per heavy atom. The first kappa shape index (κ1) is 25.9. The summed E-state index contributed by atoms with van der Waals surface area (Å²) in [5.41, 5.74) is 2.77. The quantitative estimate of drug-likeness (QED) is 0.193. The molecule has 3 rings (SSSR count). The summed E-state index contributed by atoms with van der Waals surface area (Å²) in [7, 11) is 1.46. The number of nitrogens with zero attached hydrogens (tertiary/aromatic N) is 6. The second kappa shape index (κ2) is 12.1. The van der Waals surface area contributed by atoms with Gasteiger partial charge in [0.2, 0.25) is 0 Å². The largest absolute Gasteiger partial charge is 0.494 e. The summed E-state index contributed by atoms with van der Waals surface area (Å²) in [6, 6.07) is 15.7. The van der Waals surface area contributed by atoms with Crippen LogP contribution in [0.4, 0.5) is 34.1 Å². The Morgan fingerprint density at radius 2 is 1.56 bits per heavy atom. The van der Waals surface area contributed by atoms with Gasteiger partial charge in [0.1, 0.15) is 18.0 Å². The highest BCUT2D eigenvalue weighted by atomic mass is 16.6. The number of nitro groups is 1. The molecule has 0 aromatic heterocycles. The number of benzene rings is 3. The van der Waals surface area contributed by atoms with Crippen LogP contribution in [-0.2, 0) is 11.4 Å². The maximum Gasteiger partial charge on any atom is 0.323 e. The van der Waals surface area contributed by atoms with Gasteiger partial charge in [-0.15, -0.1) is 5.11 Å². The van der Waals surface area contributed by atoms with Crippen molar-refractivity contribution in [2.24, 2.45) is 20.5 Å². The van der Waals surface area contributed by atoms with Crippen LogP contribution in [0, 0.1) is 10.1 Å². The number of ether oxygens (including phenoxy) is 1. The molecule has 0 unspecified atom stereocenters. The molecule has 0 saturated heterocycles. The first-order valence-corrected chi connectivity index (χ1v) is 10.8. The number of carboxylic acid groups (broad SMARTS) is 1. The normalized spacial score (nSPS) is 11.2. The van der Waals surface area contributed by atoms with E-state index in [0.29, 0.717) is 40.6 Å². The third kappa shape index (κ3) is 6.67.